The van der Waals surface area contributed by atoms with Crippen molar-refractivity contribution in [3.63, 3.8) is 0 Å². The molecule has 0 saturated carbocycles. The monoisotopic (exact) mass is 296 g/mol. The second-order valence-corrected chi connectivity index (χ2v) is 4.93. The van der Waals surface area contributed by atoms with Gasteiger partial charge in [0.05, 0.1) is 11.6 Å². The van der Waals surface area contributed by atoms with Crippen LogP contribution in [0.1, 0.15) is 16.1 Å². The highest BCUT2D eigenvalue weighted by atomic mass is 35.5. The molecule has 2 aromatic rings. The molecule has 0 aliphatic carbocycles. The van der Waals surface area contributed by atoms with Crippen LogP contribution in [0.15, 0.2) is 23.6 Å². The first-order chi connectivity index (χ1) is 9.26. The summed E-state index contributed by atoms with van der Waals surface area (Å²) < 4.78 is 10.4. The van der Waals surface area contributed by atoms with Gasteiger partial charge in [0, 0.05) is 10.9 Å². The molecule has 7 heteroatoms. The first-order valence-corrected chi connectivity index (χ1v) is 6.89. The largest absolute Gasteiger partial charge is 0.454 e. The van der Waals surface area contributed by atoms with Crippen LogP contribution in [0.25, 0.3) is 0 Å². The quantitative estimate of drug-likeness (QED) is 0.885. The molecule has 3 rings (SSSR count). The smallest absolute Gasteiger partial charge is 0.257 e. The van der Waals surface area contributed by atoms with E-state index in [1.54, 1.807) is 18.2 Å². The molecule has 0 saturated heterocycles. The summed E-state index contributed by atoms with van der Waals surface area (Å²) in [6.07, 6.45) is 0. The molecular weight excluding hydrogens is 288 g/mol. The summed E-state index contributed by atoms with van der Waals surface area (Å²) in [5.74, 6) is 1.31. The van der Waals surface area contributed by atoms with Gasteiger partial charge in [-0.05, 0) is 18.2 Å². The highest BCUT2D eigenvalue weighted by molar-refractivity contribution is 7.14. The number of thiazole rings is 1. The fourth-order valence-electron chi connectivity index (χ4n) is 1.63. The molecule has 0 fully saturated rings. The summed E-state index contributed by atoms with van der Waals surface area (Å²) in [6.45, 7) is 0.186. The van der Waals surface area contributed by atoms with Crippen molar-refractivity contribution in [3.8, 4) is 11.5 Å². The third-order valence-corrected chi connectivity index (χ3v) is 3.62. The van der Waals surface area contributed by atoms with Crippen LogP contribution in [0.3, 0.4) is 0 Å². The van der Waals surface area contributed by atoms with E-state index in [0.29, 0.717) is 28.1 Å². The van der Waals surface area contributed by atoms with E-state index in [1.165, 1.54) is 11.3 Å². The predicted molar refractivity (Wildman–Crippen MR) is 72.2 cm³/mol. The molecular formula is C12H9ClN2O3S. The first kappa shape index (κ1) is 12.3. The third-order valence-electron chi connectivity index (χ3n) is 2.54. The number of nitrogens with zero attached hydrogens (tertiary/aromatic N) is 1. The zero-order valence-corrected chi connectivity index (χ0v) is 11.3. The van der Waals surface area contributed by atoms with Gasteiger partial charge < -0.3 is 9.47 Å². The number of amides is 1. The number of alkyl halides is 1. The Morgan fingerprint density at radius 1 is 1.42 bits per heavy atom. The number of halogens is 1. The van der Waals surface area contributed by atoms with E-state index in [4.69, 9.17) is 21.1 Å². The number of carbonyl (C=O) groups is 1. The van der Waals surface area contributed by atoms with Gasteiger partial charge in [-0.3, -0.25) is 10.1 Å². The van der Waals surface area contributed by atoms with Crippen LogP contribution in [0.4, 0.5) is 5.13 Å². The lowest BCUT2D eigenvalue weighted by atomic mass is 10.2. The summed E-state index contributed by atoms with van der Waals surface area (Å²) >= 11 is 7.00. The van der Waals surface area contributed by atoms with Crippen molar-refractivity contribution in [3.05, 3.63) is 34.8 Å². The highest BCUT2D eigenvalue weighted by Crippen LogP contribution is 2.32. The van der Waals surface area contributed by atoms with Gasteiger partial charge in [0.15, 0.2) is 16.6 Å². The molecule has 1 N–H and O–H groups in total. The number of aromatic nitrogens is 1. The average molecular weight is 297 g/mol. The van der Waals surface area contributed by atoms with Crippen LogP contribution in [0.2, 0.25) is 0 Å². The Morgan fingerprint density at radius 3 is 3.05 bits per heavy atom. The molecule has 1 aromatic heterocycles. The Kier molecular flexibility index (Phi) is 3.27. The minimum Gasteiger partial charge on any atom is -0.454 e. The number of nitrogens with one attached hydrogen (secondary N) is 1. The Balaban J connectivity index is 1.76. The maximum Gasteiger partial charge on any atom is 0.257 e. The lowest BCUT2D eigenvalue weighted by molar-refractivity contribution is 0.102. The first-order valence-electron chi connectivity index (χ1n) is 5.47. The molecule has 0 atom stereocenters. The minimum absolute atomic E-state index is 0.186. The summed E-state index contributed by atoms with van der Waals surface area (Å²) in [6, 6.07) is 5.04. The van der Waals surface area contributed by atoms with Crippen LogP contribution < -0.4 is 14.8 Å². The fraction of sp³-hybridized carbons (Fsp3) is 0.167. The van der Waals surface area contributed by atoms with Crippen molar-refractivity contribution in [2.75, 3.05) is 12.1 Å². The molecule has 98 valence electrons. The number of ether oxygens (including phenoxy) is 2. The maximum atomic E-state index is 12.0. The molecule has 1 amide bonds. The van der Waals surface area contributed by atoms with Crippen LogP contribution >= 0.6 is 22.9 Å². The van der Waals surface area contributed by atoms with E-state index in [-0.39, 0.29) is 12.7 Å². The van der Waals surface area contributed by atoms with E-state index >= 15 is 0 Å². The number of carbonyl (C=O) groups excluding carboxylic acids is 1. The average Bonchev–Trinajstić information content (AvgIpc) is 3.05. The van der Waals surface area contributed by atoms with E-state index in [9.17, 15) is 4.79 Å². The van der Waals surface area contributed by atoms with E-state index in [1.807, 2.05) is 5.38 Å². The van der Waals surface area contributed by atoms with E-state index in [2.05, 4.69) is 10.3 Å². The van der Waals surface area contributed by atoms with Gasteiger partial charge >= 0.3 is 0 Å². The molecule has 0 spiro atoms. The number of rotatable bonds is 3. The van der Waals surface area contributed by atoms with Crippen molar-refractivity contribution >= 4 is 34.0 Å². The van der Waals surface area contributed by atoms with E-state index < -0.39 is 0 Å². The van der Waals surface area contributed by atoms with Gasteiger partial charge in [-0.1, -0.05) is 0 Å². The van der Waals surface area contributed by atoms with Crippen molar-refractivity contribution in [1.29, 1.82) is 0 Å². The Morgan fingerprint density at radius 2 is 2.26 bits per heavy atom. The Labute approximate surface area is 118 Å². The molecule has 19 heavy (non-hydrogen) atoms. The van der Waals surface area contributed by atoms with Crippen molar-refractivity contribution in [1.82, 2.24) is 4.98 Å². The van der Waals surface area contributed by atoms with Crippen molar-refractivity contribution < 1.29 is 14.3 Å². The lowest BCUT2D eigenvalue weighted by Gasteiger charge is -2.02. The number of hydrogen-bond acceptors (Lipinski definition) is 5. The molecule has 0 unspecified atom stereocenters. The molecule has 5 nitrogen and oxygen atoms in total. The third kappa shape index (κ3) is 2.50. The summed E-state index contributed by atoms with van der Waals surface area (Å²) in [4.78, 5) is 16.2. The maximum absolute atomic E-state index is 12.0. The zero-order valence-electron chi connectivity index (χ0n) is 9.68. The van der Waals surface area contributed by atoms with Crippen molar-refractivity contribution in [2.45, 2.75) is 5.88 Å². The number of anilines is 1. The lowest BCUT2D eigenvalue weighted by Crippen LogP contribution is -2.11. The molecule has 2 heterocycles. The minimum atomic E-state index is -0.242. The number of benzene rings is 1. The number of fused-ring (bicyclic) bond motifs is 1. The zero-order chi connectivity index (χ0) is 13.2. The van der Waals surface area contributed by atoms with Gasteiger partial charge in [-0.15, -0.1) is 22.9 Å². The summed E-state index contributed by atoms with van der Waals surface area (Å²) in [5, 5.41) is 5.05. The second kappa shape index (κ2) is 5.07. The number of hydrogen-bond donors (Lipinski definition) is 1. The van der Waals surface area contributed by atoms with Gasteiger partial charge in [0.2, 0.25) is 6.79 Å². The normalized spacial score (nSPS) is 12.5. The van der Waals surface area contributed by atoms with Gasteiger partial charge in [-0.25, -0.2) is 4.98 Å². The topological polar surface area (TPSA) is 60.5 Å². The van der Waals surface area contributed by atoms with Crippen molar-refractivity contribution in [2.24, 2.45) is 0 Å². The molecule has 1 aromatic carbocycles. The summed E-state index contributed by atoms with van der Waals surface area (Å²) in [7, 11) is 0. The molecule has 1 aliphatic heterocycles. The van der Waals surface area contributed by atoms with Gasteiger partial charge in [-0.2, -0.15) is 0 Å². The van der Waals surface area contributed by atoms with Crippen LogP contribution in [-0.2, 0) is 5.88 Å². The predicted octanol–water partition coefficient (Wildman–Crippen LogP) is 2.86. The van der Waals surface area contributed by atoms with Gasteiger partial charge in [0.25, 0.3) is 5.91 Å². The second-order valence-electron chi connectivity index (χ2n) is 3.80. The van der Waals surface area contributed by atoms with Crippen LogP contribution in [0.5, 0.6) is 11.5 Å². The summed E-state index contributed by atoms with van der Waals surface area (Å²) in [5.41, 5.74) is 1.24. The van der Waals surface area contributed by atoms with E-state index in [0.717, 1.165) is 5.69 Å². The Hall–Kier alpha value is -1.79. The molecule has 1 aliphatic rings. The SMILES string of the molecule is O=C(Nc1nc(CCl)cs1)c1ccc2c(c1)OCO2. The fourth-order valence-corrected chi connectivity index (χ4v) is 2.57. The standard InChI is InChI=1S/C12H9ClN2O3S/c13-4-8-5-19-12(14-8)15-11(16)7-1-2-9-10(3-7)18-6-17-9/h1-3,5H,4,6H2,(H,14,15,16). The highest BCUT2D eigenvalue weighted by Gasteiger charge is 2.16. The van der Waals surface area contributed by atoms with Gasteiger partial charge in [0.1, 0.15) is 0 Å². The molecule has 0 bridgehead atoms. The molecule has 0 radical (unpaired) electrons. The van der Waals surface area contributed by atoms with Crippen LogP contribution in [-0.4, -0.2) is 17.7 Å². The Bertz CT molecular complexity index is 629. The van der Waals surface area contributed by atoms with Crippen LogP contribution in [0, 0.1) is 0 Å².